The molecule has 0 atom stereocenters. The van der Waals surface area contributed by atoms with Crippen LogP contribution in [0, 0.1) is 6.92 Å². The molecule has 2 N–H and O–H groups in total. The maximum Gasteiger partial charge on any atom is 0.227 e. The number of nitrogens with zero attached hydrogens (tertiary/aromatic N) is 2. The molecule has 0 fully saturated rings. The van der Waals surface area contributed by atoms with E-state index in [9.17, 15) is 0 Å². The van der Waals surface area contributed by atoms with Gasteiger partial charge in [0.1, 0.15) is 17.4 Å². The SMILES string of the molecule is CCCc1nc(N)c(C)c(Oc2ccc(Br)cc2Cl)n1. The molecule has 106 valence electrons. The first-order valence-electron chi connectivity index (χ1n) is 6.27. The largest absolute Gasteiger partial charge is 0.437 e. The van der Waals surface area contributed by atoms with E-state index in [0.29, 0.717) is 33.9 Å². The van der Waals surface area contributed by atoms with Crippen LogP contribution in [0.4, 0.5) is 5.82 Å². The lowest BCUT2D eigenvalue weighted by Crippen LogP contribution is -2.05. The highest BCUT2D eigenvalue weighted by atomic mass is 79.9. The molecule has 0 aliphatic heterocycles. The third-order valence-electron chi connectivity index (χ3n) is 2.76. The topological polar surface area (TPSA) is 61.0 Å². The second-order valence-corrected chi connectivity index (χ2v) is 5.70. The van der Waals surface area contributed by atoms with Crippen molar-refractivity contribution in [3.05, 3.63) is 39.1 Å². The third-order valence-corrected chi connectivity index (χ3v) is 3.55. The Kier molecular flexibility index (Phi) is 4.83. The number of aryl methyl sites for hydroxylation is 1. The van der Waals surface area contributed by atoms with E-state index in [1.807, 2.05) is 13.0 Å². The Morgan fingerprint density at radius 3 is 2.75 bits per heavy atom. The van der Waals surface area contributed by atoms with Crippen molar-refractivity contribution in [2.45, 2.75) is 26.7 Å². The second kappa shape index (κ2) is 6.41. The standard InChI is InChI=1S/C14H15BrClN3O/c1-3-4-12-18-13(17)8(2)14(19-12)20-11-6-5-9(15)7-10(11)16/h5-7H,3-4H2,1-2H3,(H2,17,18,19). The minimum Gasteiger partial charge on any atom is -0.437 e. The van der Waals surface area contributed by atoms with E-state index in [1.54, 1.807) is 12.1 Å². The fraction of sp³-hybridized carbons (Fsp3) is 0.286. The lowest BCUT2D eigenvalue weighted by atomic mass is 10.3. The summed E-state index contributed by atoms with van der Waals surface area (Å²) in [6.07, 6.45) is 1.70. The van der Waals surface area contributed by atoms with Gasteiger partial charge in [-0.3, -0.25) is 0 Å². The molecule has 0 amide bonds. The number of nitrogen functional groups attached to an aromatic ring is 1. The van der Waals surface area contributed by atoms with Gasteiger partial charge in [-0.15, -0.1) is 0 Å². The normalized spacial score (nSPS) is 10.6. The summed E-state index contributed by atoms with van der Waals surface area (Å²) >= 11 is 9.50. The number of ether oxygens (including phenoxy) is 1. The Labute approximate surface area is 131 Å². The smallest absolute Gasteiger partial charge is 0.227 e. The number of aromatic nitrogens is 2. The summed E-state index contributed by atoms with van der Waals surface area (Å²) < 4.78 is 6.67. The van der Waals surface area contributed by atoms with Crippen molar-refractivity contribution in [1.29, 1.82) is 0 Å². The fourth-order valence-electron chi connectivity index (χ4n) is 1.66. The Morgan fingerprint density at radius 2 is 2.10 bits per heavy atom. The van der Waals surface area contributed by atoms with E-state index in [4.69, 9.17) is 22.1 Å². The number of hydrogen-bond donors (Lipinski definition) is 1. The predicted octanol–water partition coefficient (Wildman–Crippen LogP) is 4.53. The molecular weight excluding hydrogens is 342 g/mol. The van der Waals surface area contributed by atoms with Gasteiger partial charge in [0, 0.05) is 10.9 Å². The molecule has 0 aliphatic carbocycles. The van der Waals surface area contributed by atoms with E-state index >= 15 is 0 Å². The van der Waals surface area contributed by atoms with Crippen LogP contribution in [-0.2, 0) is 6.42 Å². The van der Waals surface area contributed by atoms with E-state index < -0.39 is 0 Å². The average molecular weight is 357 g/mol. The zero-order chi connectivity index (χ0) is 14.7. The van der Waals surface area contributed by atoms with Gasteiger partial charge in [0.15, 0.2) is 0 Å². The maximum atomic E-state index is 6.14. The predicted molar refractivity (Wildman–Crippen MR) is 84.4 cm³/mol. The Morgan fingerprint density at radius 1 is 1.35 bits per heavy atom. The van der Waals surface area contributed by atoms with Gasteiger partial charge in [-0.1, -0.05) is 34.5 Å². The molecule has 0 spiro atoms. The van der Waals surface area contributed by atoms with Gasteiger partial charge >= 0.3 is 0 Å². The highest BCUT2D eigenvalue weighted by Gasteiger charge is 2.12. The van der Waals surface area contributed by atoms with Gasteiger partial charge in [0.2, 0.25) is 5.88 Å². The molecule has 0 aliphatic rings. The molecular formula is C14H15BrClN3O. The van der Waals surface area contributed by atoms with Gasteiger partial charge < -0.3 is 10.5 Å². The molecule has 2 aromatic rings. The average Bonchev–Trinajstić information content (AvgIpc) is 2.39. The van der Waals surface area contributed by atoms with Crippen LogP contribution in [0.2, 0.25) is 5.02 Å². The molecule has 6 heteroatoms. The summed E-state index contributed by atoms with van der Waals surface area (Å²) in [6.45, 7) is 3.89. The highest BCUT2D eigenvalue weighted by Crippen LogP contribution is 2.33. The van der Waals surface area contributed by atoms with Crippen molar-refractivity contribution >= 4 is 33.3 Å². The first-order chi connectivity index (χ1) is 9.51. The van der Waals surface area contributed by atoms with Crippen molar-refractivity contribution < 1.29 is 4.74 Å². The minimum absolute atomic E-state index is 0.437. The molecule has 0 unspecified atom stereocenters. The first-order valence-corrected chi connectivity index (χ1v) is 7.44. The molecule has 2 rings (SSSR count). The van der Waals surface area contributed by atoms with Crippen LogP contribution in [0.25, 0.3) is 0 Å². The summed E-state index contributed by atoms with van der Waals surface area (Å²) in [5.74, 6) is 2.11. The molecule has 0 saturated carbocycles. The van der Waals surface area contributed by atoms with Gasteiger partial charge in [0.25, 0.3) is 0 Å². The zero-order valence-electron chi connectivity index (χ0n) is 11.3. The molecule has 1 aromatic heterocycles. The van der Waals surface area contributed by atoms with E-state index in [2.05, 4.69) is 32.8 Å². The van der Waals surface area contributed by atoms with E-state index in [1.165, 1.54) is 0 Å². The number of halogens is 2. The molecule has 0 saturated heterocycles. The van der Waals surface area contributed by atoms with Crippen LogP contribution < -0.4 is 10.5 Å². The molecule has 1 aromatic carbocycles. The second-order valence-electron chi connectivity index (χ2n) is 4.38. The molecule has 0 bridgehead atoms. The Hall–Kier alpha value is -1.33. The zero-order valence-corrected chi connectivity index (χ0v) is 13.6. The molecule has 1 heterocycles. The molecule has 0 radical (unpaired) electrons. The van der Waals surface area contributed by atoms with Gasteiger partial charge in [-0.05, 0) is 31.5 Å². The lowest BCUT2D eigenvalue weighted by Gasteiger charge is -2.12. The summed E-state index contributed by atoms with van der Waals surface area (Å²) in [5, 5.41) is 0.507. The number of nitrogens with two attached hydrogens (primary N) is 1. The van der Waals surface area contributed by atoms with Gasteiger partial charge in [-0.2, -0.15) is 4.98 Å². The van der Waals surface area contributed by atoms with Crippen molar-refractivity contribution in [3.8, 4) is 11.6 Å². The number of anilines is 1. The van der Waals surface area contributed by atoms with E-state index in [-0.39, 0.29) is 0 Å². The number of rotatable bonds is 4. The van der Waals surface area contributed by atoms with Crippen LogP contribution >= 0.6 is 27.5 Å². The van der Waals surface area contributed by atoms with Crippen molar-refractivity contribution in [2.75, 3.05) is 5.73 Å². The number of benzene rings is 1. The van der Waals surface area contributed by atoms with Crippen LogP contribution in [0.15, 0.2) is 22.7 Å². The van der Waals surface area contributed by atoms with Crippen molar-refractivity contribution in [2.24, 2.45) is 0 Å². The molecule has 4 nitrogen and oxygen atoms in total. The lowest BCUT2D eigenvalue weighted by molar-refractivity contribution is 0.455. The fourth-order valence-corrected chi connectivity index (χ4v) is 2.37. The first kappa shape index (κ1) is 15.1. The van der Waals surface area contributed by atoms with Crippen molar-refractivity contribution in [3.63, 3.8) is 0 Å². The van der Waals surface area contributed by atoms with Crippen LogP contribution in [0.5, 0.6) is 11.6 Å². The van der Waals surface area contributed by atoms with Gasteiger partial charge in [-0.25, -0.2) is 4.98 Å². The van der Waals surface area contributed by atoms with Gasteiger partial charge in [0.05, 0.1) is 10.6 Å². The third kappa shape index (κ3) is 3.41. The quantitative estimate of drug-likeness (QED) is 0.874. The summed E-state index contributed by atoms with van der Waals surface area (Å²) in [5.41, 5.74) is 6.61. The Bertz CT molecular complexity index is 634. The van der Waals surface area contributed by atoms with Crippen molar-refractivity contribution in [1.82, 2.24) is 9.97 Å². The van der Waals surface area contributed by atoms with Crippen LogP contribution in [0.3, 0.4) is 0 Å². The molecule has 20 heavy (non-hydrogen) atoms. The Balaban J connectivity index is 2.37. The van der Waals surface area contributed by atoms with Crippen LogP contribution in [0.1, 0.15) is 24.7 Å². The summed E-state index contributed by atoms with van der Waals surface area (Å²) in [4.78, 5) is 8.65. The number of hydrogen-bond acceptors (Lipinski definition) is 4. The summed E-state index contributed by atoms with van der Waals surface area (Å²) in [6, 6.07) is 5.40. The van der Waals surface area contributed by atoms with E-state index in [0.717, 1.165) is 17.3 Å². The minimum atomic E-state index is 0.437. The summed E-state index contributed by atoms with van der Waals surface area (Å²) in [7, 11) is 0. The maximum absolute atomic E-state index is 6.14. The highest BCUT2D eigenvalue weighted by molar-refractivity contribution is 9.10. The van der Waals surface area contributed by atoms with Crippen LogP contribution in [-0.4, -0.2) is 9.97 Å². The monoisotopic (exact) mass is 355 g/mol.